The van der Waals surface area contributed by atoms with E-state index in [4.69, 9.17) is 14.3 Å². The van der Waals surface area contributed by atoms with E-state index in [1.54, 1.807) is 19.2 Å². The van der Waals surface area contributed by atoms with Crippen LogP contribution in [0.2, 0.25) is 0 Å². The lowest BCUT2D eigenvalue weighted by Gasteiger charge is -2.09. The Hall–Kier alpha value is -3.02. The van der Waals surface area contributed by atoms with Crippen molar-refractivity contribution in [3.8, 4) is 11.5 Å². The molecule has 0 aliphatic heterocycles. The standard InChI is InChI=1S/C19H22N2O4/c1-4-24-17-9-8-15(11-18(17)23-3)12-20-25-13-19(22)21-16-7-5-6-14(2)10-16/h5-12H,4,13H2,1-3H3,(H,21,22). The fourth-order valence-corrected chi connectivity index (χ4v) is 2.15. The summed E-state index contributed by atoms with van der Waals surface area (Å²) >= 11 is 0. The molecule has 132 valence electrons. The highest BCUT2D eigenvalue weighted by Crippen LogP contribution is 2.27. The van der Waals surface area contributed by atoms with Crippen LogP contribution in [-0.2, 0) is 9.63 Å². The van der Waals surface area contributed by atoms with Gasteiger partial charge < -0.3 is 19.6 Å². The van der Waals surface area contributed by atoms with Crippen LogP contribution < -0.4 is 14.8 Å². The average Bonchev–Trinajstić information content (AvgIpc) is 2.60. The predicted molar refractivity (Wildman–Crippen MR) is 97.5 cm³/mol. The van der Waals surface area contributed by atoms with Crippen molar-refractivity contribution < 1.29 is 19.1 Å². The Morgan fingerprint density at radius 2 is 2.04 bits per heavy atom. The van der Waals surface area contributed by atoms with E-state index in [-0.39, 0.29) is 12.5 Å². The van der Waals surface area contributed by atoms with Gasteiger partial charge in [-0.1, -0.05) is 17.3 Å². The van der Waals surface area contributed by atoms with Gasteiger partial charge in [-0.15, -0.1) is 0 Å². The van der Waals surface area contributed by atoms with Gasteiger partial charge in [0, 0.05) is 11.3 Å². The number of ether oxygens (including phenoxy) is 2. The van der Waals surface area contributed by atoms with Crippen LogP contribution in [0.25, 0.3) is 0 Å². The van der Waals surface area contributed by atoms with E-state index in [0.29, 0.717) is 18.1 Å². The molecule has 0 saturated carbocycles. The molecule has 0 heterocycles. The van der Waals surface area contributed by atoms with Gasteiger partial charge in [0.2, 0.25) is 0 Å². The number of anilines is 1. The summed E-state index contributed by atoms with van der Waals surface area (Å²) in [6, 6.07) is 12.9. The number of carbonyl (C=O) groups is 1. The third-order valence-corrected chi connectivity index (χ3v) is 3.26. The highest BCUT2D eigenvalue weighted by Gasteiger charge is 2.05. The number of rotatable bonds is 8. The van der Waals surface area contributed by atoms with Gasteiger partial charge in [-0.05, 0) is 49.7 Å². The van der Waals surface area contributed by atoms with Gasteiger partial charge in [-0.3, -0.25) is 4.79 Å². The summed E-state index contributed by atoms with van der Waals surface area (Å²) in [4.78, 5) is 16.8. The van der Waals surface area contributed by atoms with Crippen molar-refractivity contribution in [1.82, 2.24) is 0 Å². The molecule has 2 rings (SSSR count). The lowest BCUT2D eigenvalue weighted by Crippen LogP contribution is -2.16. The zero-order valence-electron chi connectivity index (χ0n) is 14.6. The molecule has 6 heteroatoms. The van der Waals surface area contributed by atoms with Gasteiger partial charge in [-0.25, -0.2) is 0 Å². The molecule has 1 N–H and O–H groups in total. The number of oxime groups is 1. The van der Waals surface area contributed by atoms with Crippen LogP contribution in [0.4, 0.5) is 5.69 Å². The van der Waals surface area contributed by atoms with Crippen molar-refractivity contribution in [3.05, 3.63) is 53.6 Å². The van der Waals surface area contributed by atoms with Gasteiger partial charge in [0.05, 0.1) is 19.9 Å². The molecule has 0 spiro atoms. The normalized spacial score (nSPS) is 10.5. The minimum atomic E-state index is -0.271. The molecule has 0 fully saturated rings. The highest BCUT2D eigenvalue weighted by molar-refractivity contribution is 5.91. The SMILES string of the molecule is CCOc1ccc(C=NOCC(=O)Nc2cccc(C)c2)cc1OC. The molecule has 2 aromatic rings. The van der Waals surface area contributed by atoms with Crippen molar-refractivity contribution >= 4 is 17.8 Å². The zero-order chi connectivity index (χ0) is 18.1. The number of benzene rings is 2. The zero-order valence-corrected chi connectivity index (χ0v) is 14.6. The Balaban J connectivity index is 1.85. The first-order valence-electron chi connectivity index (χ1n) is 7.95. The molecular weight excluding hydrogens is 320 g/mol. The number of amides is 1. The van der Waals surface area contributed by atoms with Crippen LogP contribution in [0.5, 0.6) is 11.5 Å². The smallest absolute Gasteiger partial charge is 0.265 e. The van der Waals surface area contributed by atoms with Gasteiger partial charge in [0.1, 0.15) is 0 Å². The summed E-state index contributed by atoms with van der Waals surface area (Å²) in [5.74, 6) is 1.01. The van der Waals surface area contributed by atoms with Crippen LogP contribution in [0, 0.1) is 6.92 Å². The van der Waals surface area contributed by atoms with Crippen molar-refractivity contribution in [3.63, 3.8) is 0 Å². The number of methoxy groups -OCH3 is 1. The van der Waals surface area contributed by atoms with Crippen molar-refractivity contribution in [2.75, 3.05) is 25.6 Å². The largest absolute Gasteiger partial charge is 0.493 e. The van der Waals surface area contributed by atoms with Gasteiger partial charge in [0.25, 0.3) is 5.91 Å². The summed E-state index contributed by atoms with van der Waals surface area (Å²) in [5.41, 5.74) is 2.58. The maximum atomic E-state index is 11.8. The average molecular weight is 342 g/mol. The Bertz CT molecular complexity index is 744. The fourth-order valence-electron chi connectivity index (χ4n) is 2.15. The summed E-state index contributed by atoms with van der Waals surface area (Å²) in [7, 11) is 1.57. The van der Waals surface area contributed by atoms with E-state index in [0.717, 1.165) is 16.8 Å². The second kappa shape index (κ2) is 9.32. The molecule has 0 aliphatic carbocycles. The van der Waals surface area contributed by atoms with Crippen molar-refractivity contribution in [1.29, 1.82) is 0 Å². The summed E-state index contributed by atoms with van der Waals surface area (Å²) in [6.45, 7) is 4.26. The minimum Gasteiger partial charge on any atom is -0.493 e. The van der Waals surface area contributed by atoms with Crippen LogP contribution >= 0.6 is 0 Å². The van der Waals surface area contributed by atoms with E-state index in [1.807, 2.05) is 44.2 Å². The molecular formula is C19H22N2O4. The Morgan fingerprint density at radius 1 is 1.20 bits per heavy atom. The molecule has 0 atom stereocenters. The van der Waals surface area contributed by atoms with Crippen LogP contribution in [0.15, 0.2) is 47.6 Å². The molecule has 0 bridgehead atoms. The van der Waals surface area contributed by atoms with E-state index < -0.39 is 0 Å². The van der Waals surface area contributed by atoms with Gasteiger partial charge >= 0.3 is 0 Å². The number of nitrogens with zero attached hydrogens (tertiary/aromatic N) is 1. The molecule has 0 unspecified atom stereocenters. The Morgan fingerprint density at radius 3 is 2.76 bits per heavy atom. The summed E-state index contributed by atoms with van der Waals surface area (Å²) in [5, 5.41) is 6.56. The van der Waals surface area contributed by atoms with Crippen molar-refractivity contribution in [2.24, 2.45) is 5.16 Å². The molecule has 25 heavy (non-hydrogen) atoms. The molecule has 0 radical (unpaired) electrons. The first-order chi connectivity index (χ1) is 12.1. The topological polar surface area (TPSA) is 69.2 Å². The Labute approximate surface area is 147 Å². The molecule has 2 aromatic carbocycles. The predicted octanol–water partition coefficient (Wildman–Crippen LogP) is 3.39. The van der Waals surface area contributed by atoms with Gasteiger partial charge in [-0.2, -0.15) is 0 Å². The fraction of sp³-hybridized carbons (Fsp3) is 0.263. The van der Waals surface area contributed by atoms with Crippen LogP contribution in [-0.4, -0.2) is 32.4 Å². The maximum absolute atomic E-state index is 11.8. The molecule has 1 amide bonds. The van der Waals surface area contributed by atoms with E-state index in [1.165, 1.54) is 6.21 Å². The number of carbonyl (C=O) groups excluding carboxylic acids is 1. The van der Waals surface area contributed by atoms with Crippen LogP contribution in [0.3, 0.4) is 0 Å². The quantitative estimate of drug-likeness (QED) is 0.590. The van der Waals surface area contributed by atoms with Crippen LogP contribution in [0.1, 0.15) is 18.1 Å². The Kier molecular flexibility index (Phi) is 6.83. The second-order valence-corrected chi connectivity index (χ2v) is 5.27. The number of aryl methyl sites for hydroxylation is 1. The number of hydrogen-bond donors (Lipinski definition) is 1. The lowest BCUT2D eigenvalue weighted by atomic mass is 10.2. The first kappa shape index (κ1) is 18.3. The molecule has 6 nitrogen and oxygen atoms in total. The van der Waals surface area contributed by atoms with Gasteiger partial charge in [0.15, 0.2) is 18.1 Å². The number of nitrogens with one attached hydrogen (secondary N) is 1. The van der Waals surface area contributed by atoms with E-state index in [9.17, 15) is 4.79 Å². The summed E-state index contributed by atoms with van der Waals surface area (Å²) in [6.07, 6.45) is 1.51. The molecule has 0 saturated heterocycles. The van der Waals surface area contributed by atoms with E-state index in [2.05, 4.69) is 10.5 Å². The molecule has 0 aromatic heterocycles. The second-order valence-electron chi connectivity index (χ2n) is 5.27. The third-order valence-electron chi connectivity index (χ3n) is 3.26. The molecule has 0 aliphatic rings. The minimum absolute atomic E-state index is 0.168. The lowest BCUT2D eigenvalue weighted by molar-refractivity contribution is -0.120. The summed E-state index contributed by atoms with van der Waals surface area (Å²) < 4.78 is 10.7. The third kappa shape index (κ3) is 5.84. The monoisotopic (exact) mass is 342 g/mol. The highest BCUT2D eigenvalue weighted by atomic mass is 16.6. The number of hydrogen-bond acceptors (Lipinski definition) is 5. The van der Waals surface area contributed by atoms with Crippen molar-refractivity contribution in [2.45, 2.75) is 13.8 Å². The maximum Gasteiger partial charge on any atom is 0.265 e. The van der Waals surface area contributed by atoms with E-state index >= 15 is 0 Å². The first-order valence-corrected chi connectivity index (χ1v) is 7.95.